The van der Waals surface area contributed by atoms with Crippen LogP contribution in [-0.4, -0.2) is 27.8 Å². The fourth-order valence-corrected chi connectivity index (χ4v) is 2.72. The maximum atomic E-state index is 12.7. The van der Waals surface area contributed by atoms with E-state index in [1.165, 1.54) is 16.8 Å². The highest BCUT2D eigenvalue weighted by Gasteiger charge is 2.19. The molecule has 0 aliphatic carbocycles. The number of amides is 1. The van der Waals surface area contributed by atoms with Gasteiger partial charge in [0, 0.05) is 12.7 Å². The number of aromatic nitrogens is 2. The lowest BCUT2D eigenvalue weighted by atomic mass is 10.2. The van der Waals surface area contributed by atoms with Gasteiger partial charge >= 0.3 is 5.97 Å². The van der Waals surface area contributed by atoms with Crippen molar-refractivity contribution in [3.63, 3.8) is 0 Å². The van der Waals surface area contributed by atoms with E-state index in [4.69, 9.17) is 10.5 Å². The molecule has 0 spiro atoms. The number of nitrogens with two attached hydrogens (primary N) is 1. The quantitative estimate of drug-likeness (QED) is 0.519. The van der Waals surface area contributed by atoms with Gasteiger partial charge in [-0.2, -0.15) is 0 Å². The zero-order valence-corrected chi connectivity index (χ0v) is 15.5. The summed E-state index contributed by atoms with van der Waals surface area (Å²) >= 11 is 0. The Morgan fingerprint density at radius 1 is 1.07 bits per heavy atom. The number of para-hydroxylation sites is 1. The number of nitrogen functional groups attached to an aromatic ring is 1. The number of nitrogens with zero attached hydrogens (tertiary/aromatic N) is 2. The van der Waals surface area contributed by atoms with Crippen molar-refractivity contribution in [2.45, 2.75) is 6.92 Å². The summed E-state index contributed by atoms with van der Waals surface area (Å²) in [6.45, 7) is 1.21. The van der Waals surface area contributed by atoms with Crippen molar-refractivity contribution in [1.29, 1.82) is 0 Å². The summed E-state index contributed by atoms with van der Waals surface area (Å²) in [6, 6.07) is 15.2. The Morgan fingerprint density at radius 3 is 2.36 bits per heavy atom. The smallest absolute Gasteiger partial charge is 0.338 e. The van der Waals surface area contributed by atoms with Crippen LogP contribution in [0.4, 0.5) is 11.4 Å². The number of esters is 1. The predicted molar refractivity (Wildman–Crippen MR) is 106 cm³/mol. The lowest BCUT2D eigenvalue weighted by Crippen LogP contribution is -2.25. The Hall–Kier alpha value is -3.81. The minimum Gasteiger partial charge on any atom is -0.452 e. The molecule has 0 aliphatic rings. The molecule has 1 aromatic heterocycles. The molecule has 2 aromatic carbocycles. The van der Waals surface area contributed by atoms with Crippen LogP contribution in [0.15, 0.2) is 59.4 Å². The summed E-state index contributed by atoms with van der Waals surface area (Å²) in [6.07, 6.45) is 0. The topological polar surface area (TPSA) is 108 Å². The van der Waals surface area contributed by atoms with Crippen molar-refractivity contribution in [2.75, 3.05) is 17.7 Å². The van der Waals surface area contributed by atoms with Gasteiger partial charge in [-0.1, -0.05) is 18.2 Å². The highest BCUT2D eigenvalue weighted by atomic mass is 16.5. The van der Waals surface area contributed by atoms with Gasteiger partial charge in [0.25, 0.3) is 11.5 Å². The summed E-state index contributed by atoms with van der Waals surface area (Å²) in [5.74, 6) is -1.25. The van der Waals surface area contributed by atoms with Gasteiger partial charge in [-0.05, 0) is 43.3 Å². The van der Waals surface area contributed by atoms with Crippen LogP contribution in [-0.2, 0) is 16.6 Å². The van der Waals surface area contributed by atoms with E-state index in [-0.39, 0.29) is 16.8 Å². The van der Waals surface area contributed by atoms with E-state index < -0.39 is 18.5 Å². The SMILES string of the molecule is Cc1c(NC(=O)COC(=O)c2ccc(N)cc2)c(=O)n(-c2ccccc2)n1C. The molecule has 0 bridgehead atoms. The van der Waals surface area contributed by atoms with Gasteiger partial charge in [0.1, 0.15) is 5.69 Å². The van der Waals surface area contributed by atoms with Crippen LogP contribution in [0, 0.1) is 6.92 Å². The first-order valence-electron chi connectivity index (χ1n) is 8.55. The van der Waals surface area contributed by atoms with Gasteiger partial charge in [0.15, 0.2) is 6.61 Å². The minimum absolute atomic E-state index is 0.139. The predicted octanol–water partition coefficient (Wildman–Crippen LogP) is 1.86. The zero-order valence-electron chi connectivity index (χ0n) is 15.5. The van der Waals surface area contributed by atoms with Crippen LogP contribution < -0.4 is 16.6 Å². The van der Waals surface area contributed by atoms with Gasteiger partial charge < -0.3 is 15.8 Å². The lowest BCUT2D eigenvalue weighted by molar-refractivity contribution is -0.119. The van der Waals surface area contributed by atoms with Crippen LogP contribution >= 0.6 is 0 Å². The van der Waals surface area contributed by atoms with Crippen molar-refractivity contribution in [2.24, 2.45) is 7.05 Å². The first kappa shape index (κ1) is 19.0. The minimum atomic E-state index is -0.651. The number of benzene rings is 2. The summed E-state index contributed by atoms with van der Waals surface area (Å²) < 4.78 is 8.09. The second-order valence-corrected chi connectivity index (χ2v) is 6.18. The van der Waals surface area contributed by atoms with E-state index in [0.29, 0.717) is 17.1 Å². The van der Waals surface area contributed by atoms with Gasteiger partial charge in [0.2, 0.25) is 0 Å². The number of anilines is 2. The van der Waals surface area contributed by atoms with E-state index in [1.54, 1.807) is 42.9 Å². The average molecular weight is 380 g/mol. The van der Waals surface area contributed by atoms with Crippen molar-refractivity contribution < 1.29 is 14.3 Å². The lowest BCUT2D eigenvalue weighted by Gasteiger charge is -2.07. The third kappa shape index (κ3) is 3.80. The number of hydrogen-bond acceptors (Lipinski definition) is 5. The van der Waals surface area contributed by atoms with E-state index in [0.717, 1.165) is 0 Å². The Morgan fingerprint density at radius 2 is 1.71 bits per heavy atom. The molecule has 3 aromatic rings. The highest BCUT2D eigenvalue weighted by molar-refractivity contribution is 5.95. The number of rotatable bonds is 5. The molecular weight excluding hydrogens is 360 g/mol. The summed E-state index contributed by atoms with van der Waals surface area (Å²) in [5, 5.41) is 2.54. The first-order chi connectivity index (χ1) is 13.4. The van der Waals surface area contributed by atoms with E-state index in [2.05, 4.69) is 5.32 Å². The molecule has 8 heteroatoms. The van der Waals surface area contributed by atoms with Crippen LogP contribution in [0.3, 0.4) is 0 Å². The van der Waals surface area contributed by atoms with Gasteiger partial charge in [-0.3, -0.25) is 14.3 Å². The normalized spacial score (nSPS) is 10.5. The molecule has 0 radical (unpaired) electrons. The Balaban J connectivity index is 1.72. The summed E-state index contributed by atoms with van der Waals surface area (Å²) in [5.41, 5.74) is 7.39. The molecule has 0 aliphatic heterocycles. The molecule has 144 valence electrons. The fraction of sp³-hybridized carbons (Fsp3) is 0.150. The molecule has 0 fully saturated rings. The number of hydrogen-bond donors (Lipinski definition) is 2. The molecule has 1 heterocycles. The van der Waals surface area contributed by atoms with Crippen molar-refractivity contribution in [3.05, 3.63) is 76.2 Å². The molecular formula is C20H20N4O4. The largest absolute Gasteiger partial charge is 0.452 e. The van der Waals surface area contributed by atoms with E-state index >= 15 is 0 Å². The van der Waals surface area contributed by atoms with Gasteiger partial charge in [0.05, 0.1) is 16.9 Å². The standard InChI is InChI=1S/C20H20N4O4/c1-13-18(19(26)24(23(13)2)16-6-4-3-5-7-16)22-17(25)12-28-20(27)14-8-10-15(21)11-9-14/h3-11H,12,21H2,1-2H3,(H,22,25). The molecule has 8 nitrogen and oxygen atoms in total. The fourth-order valence-electron chi connectivity index (χ4n) is 2.72. The van der Waals surface area contributed by atoms with Crippen LogP contribution in [0.25, 0.3) is 5.69 Å². The number of carbonyl (C=O) groups is 2. The van der Waals surface area contributed by atoms with Crippen LogP contribution in [0.1, 0.15) is 16.1 Å². The van der Waals surface area contributed by atoms with Crippen molar-refractivity contribution in [3.8, 4) is 5.69 Å². The number of ether oxygens (including phenoxy) is 1. The van der Waals surface area contributed by atoms with Crippen LogP contribution in [0.2, 0.25) is 0 Å². The Kier molecular flexibility index (Phi) is 5.30. The molecule has 1 amide bonds. The van der Waals surface area contributed by atoms with Crippen molar-refractivity contribution in [1.82, 2.24) is 9.36 Å². The molecule has 3 N–H and O–H groups in total. The zero-order chi connectivity index (χ0) is 20.3. The summed E-state index contributed by atoms with van der Waals surface area (Å²) in [4.78, 5) is 36.9. The Bertz CT molecular complexity index is 1070. The second kappa shape index (κ2) is 7.83. The van der Waals surface area contributed by atoms with Gasteiger partial charge in [-0.25, -0.2) is 9.48 Å². The second-order valence-electron chi connectivity index (χ2n) is 6.18. The first-order valence-corrected chi connectivity index (χ1v) is 8.55. The number of carbonyl (C=O) groups excluding carboxylic acids is 2. The van der Waals surface area contributed by atoms with Gasteiger partial charge in [-0.15, -0.1) is 0 Å². The summed E-state index contributed by atoms with van der Waals surface area (Å²) in [7, 11) is 1.72. The molecule has 0 saturated carbocycles. The maximum absolute atomic E-state index is 12.7. The van der Waals surface area contributed by atoms with E-state index in [9.17, 15) is 14.4 Å². The molecule has 0 unspecified atom stereocenters. The van der Waals surface area contributed by atoms with Crippen LogP contribution in [0.5, 0.6) is 0 Å². The third-order valence-corrected chi connectivity index (χ3v) is 4.30. The van der Waals surface area contributed by atoms with E-state index in [1.807, 2.05) is 18.2 Å². The monoisotopic (exact) mass is 380 g/mol. The van der Waals surface area contributed by atoms with Crippen molar-refractivity contribution >= 4 is 23.3 Å². The average Bonchev–Trinajstić information content (AvgIpc) is 2.90. The molecule has 28 heavy (non-hydrogen) atoms. The number of nitrogens with one attached hydrogen (secondary N) is 1. The molecule has 0 saturated heterocycles. The molecule has 0 atom stereocenters. The third-order valence-electron chi connectivity index (χ3n) is 4.30. The maximum Gasteiger partial charge on any atom is 0.338 e. The highest BCUT2D eigenvalue weighted by Crippen LogP contribution is 2.14. The molecule has 3 rings (SSSR count). The Labute approximate surface area is 161 Å².